The van der Waals surface area contributed by atoms with E-state index in [1.165, 1.54) is 18.2 Å². The second kappa shape index (κ2) is 9.73. The Bertz CT molecular complexity index is 994. The van der Waals surface area contributed by atoms with Gasteiger partial charge >= 0.3 is 6.01 Å². The average Bonchev–Trinajstić information content (AvgIpc) is 3.19. The monoisotopic (exact) mass is 415 g/mol. The number of amides is 1. The molecule has 0 atom stereocenters. The maximum absolute atomic E-state index is 13.8. The summed E-state index contributed by atoms with van der Waals surface area (Å²) in [4.78, 5) is 12.2. The number of rotatable bonds is 9. The molecular formula is C21H22FN3O5. The van der Waals surface area contributed by atoms with Crippen LogP contribution in [0.15, 0.2) is 40.8 Å². The molecule has 2 aromatic carbocycles. The molecule has 1 amide bonds. The van der Waals surface area contributed by atoms with Gasteiger partial charge < -0.3 is 18.6 Å². The fraction of sp³-hybridized carbons (Fsp3) is 0.286. The van der Waals surface area contributed by atoms with Crippen molar-refractivity contribution < 1.29 is 27.8 Å². The summed E-state index contributed by atoms with van der Waals surface area (Å²) in [6, 6.07) is 8.81. The van der Waals surface area contributed by atoms with Gasteiger partial charge in [-0.25, -0.2) is 4.39 Å². The Morgan fingerprint density at radius 3 is 2.23 bits per heavy atom. The van der Waals surface area contributed by atoms with Crippen molar-refractivity contribution in [3.05, 3.63) is 47.8 Å². The highest BCUT2D eigenvalue weighted by atomic mass is 19.1. The van der Waals surface area contributed by atoms with Crippen molar-refractivity contribution in [2.24, 2.45) is 0 Å². The Morgan fingerprint density at radius 2 is 1.63 bits per heavy atom. The largest absolute Gasteiger partial charge is 0.490 e. The molecule has 0 aliphatic rings. The van der Waals surface area contributed by atoms with E-state index >= 15 is 0 Å². The van der Waals surface area contributed by atoms with E-state index in [0.717, 1.165) is 0 Å². The number of anilines is 1. The number of ether oxygens (including phenoxy) is 3. The van der Waals surface area contributed by atoms with Crippen LogP contribution in [0.4, 0.5) is 10.4 Å². The number of carbonyl (C=O) groups excluding carboxylic acids is 1. The van der Waals surface area contributed by atoms with Crippen LogP contribution in [0, 0.1) is 5.82 Å². The molecule has 0 aliphatic heterocycles. The van der Waals surface area contributed by atoms with Gasteiger partial charge in [0.25, 0.3) is 5.91 Å². The van der Waals surface area contributed by atoms with Gasteiger partial charge in [0.1, 0.15) is 5.82 Å². The summed E-state index contributed by atoms with van der Waals surface area (Å²) >= 11 is 0. The van der Waals surface area contributed by atoms with E-state index in [4.69, 9.17) is 18.6 Å². The summed E-state index contributed by atoms with van der Waals surface area (Å²) in [6.45, 7) is 6.84. The fourth-order valence-electron chi connectivity index (χ4n) is 2.71. The molecule has 3 aromatic rings. The van der Waals surface area contributed by atoms with Crippen LogP contribution in [0.3, 0.4) is 0 Å². The van der Waals surface area contributed by atoms with Gasteiger partial charge in [-0.1, -0.05) is 17.2 Å². The number of nitrogens with zero attached hydrogens (tertiary/aromatic N) is 2. The molecule has 0 unspecified atom stereocenters. The van der Waals surface area contributed by atoms with E-state index in [2.05, 4.69) is 15.5 Å². The normalized spacial score (nSPS) is 10.5. The maximum Gasteiger partial charge on any atom is 0.322 e. The lowest BCUT2D eigenvalue weighted by molar-refractivity contribution is 0.102. The van der Waals surface area contributed by atoms with Crippen molar-refractivity contribution in [1.82, 2.24) is 10.2 Å². The molecule has 9 heteroatoms. The van der Waals surface area contributed by atoms with E-state index in [-0.39, 0.29) is 17.5 Å². The molecule has 0 radical (unpaired) electrons. The lowest BCUT2D eigenvalue weighted by Gasteiger charge is -2.16. The first kappa shape index (κ1) is 21.1. The molecule has 0 saturated heterocycles. The second-order valence-electron chi connectivity index (χ2n) is 5.95. The smallest absolute Gasteiger partial charge is 0.322 e. The predicted molar refractivity (Wildman–Crippen MR) is 108 cm³/mol. The fourth-order valence-corrected chi connectivity index (χ4v) is 2.71. The number of halogens is 1. The zero-order valence-corrected chi connectivity index (χ0v) is 16.9. The number of hydrogen-bond acceptors (Lipinski definition) is 7. The summed E-state index contributed by atoms with van der Waals surface area (Å²) < 4.78 is 36.3. The molecule has 0 fully saturated rings. The molecule has 0 bridgehead atoms. The van der Waals surface area contributed by atoms with E-state index in [0.29, 0.717) is 42.6 Å². The molecule has 30 heavy (non-hydrogen) atoms. The summed E-state index contributed by atoms with van der Waals surface area (Å²) in [5, 5.41) is 10.2. The number of carbonyl (C=O) groups is 1. The number of nitrogens with one attached hydrogen (secondary N) is 1. The molecule has 0 saturated carbocycles. The Kier molecular flexibility index (Phi) is 6.84. The minimum Gasteiger partial charge on any atom is -0.490 e. The molecule has 1 heterocycles. The summed E-state index contributed by atoms with van der Waals surface area (Å²) in [6.07, 6.45) is 0. The van der Waals surface area contributed by atoms with Gasteiger partial charge in [-0.15, -0.1) is 5.10 Å². The van der Waals surface area contributed by atoms with Crippen molar-refractivity contribution in [1.29, 1.82) is 0 Å². The first-order chi connectivity index (χ1) is 14.6. The molecule has 3 rings (SSSR count). The molecule has 0 aliphatic carbocycles. The van der Waals surface area contributed by atoms with Crippen LogP contribution in [-0.2, 0) is 0 Å². The van der Waals surface area contributed by atoms with E-state index in [9.17, 15) is 9.18 Å². The lowest BCUT2D eigenvalue weighted by Crippen LogP contribution is -2.13. The van der Waals surface area contributed by atoms with Gasteiger partial charge in [0.2, 0.25) is 11.6 Å². The highest BCUT2D eigenvalue weighted by molar-refractivity contribution is 6.03. The average molecular weight is 415 g/mol. The van der Waals surface area contributed by atoms with Gasteiger partial charge in [-0.3, -0.25) is 10.1 Å². The number of hydrogen-bond donors (Lipinski definition) is 1. The van der Waals surface area contributed by atoms with Crippen LogP contribution in [0.2, 0.25) is 0 Å². The van der Waals surface area contributed by atoms with Crippen LogP contribution in [0.1, 0.15) is 31.1 Å². The van der Waals surface area contributed by atoms with Gasteiger partial charge in [0.15, 0.2) is 11.5 Å². The highest BCUT2D eigenvalue weighted by Crippen LogP contribution is 2.41. The first-order valence-electron chi connectivity index (χ1n) is 9.53. The highest BCUT2D eigenvalue weighted by Gasteiger charge is 2.20. The Labute approximate surface area is 173 Å². The van der Waals surface area contributed by atoms with Gasteiger partial charge in [-0.05, 0) is 45.0 Å². The van der Waals surface area contributed by atoms with Crippen molar-refractivity contribution in [2.45, 2.75) is 20.8 Å². The number of benzene rings is 2. The second-order valence-corrected chi connectivity index (χ2v) is 5.95. The topological polar surface area (TPSA) is 95.7 Å². The van der Waals surface area contributed by atoms with Crippen LogP contribution < -0.4 is 19.5 Å². The maximum atomic E-state index is 13.8. The van der Waals surface area contributed by atoms with Crippen LogP contribution >= 0.6 is 0 Å². The summed E-state index contributed by atoms with van der Waals surface area (Å²) in [5.41, 5.74) is 0.389. The van der Waals surface area contributed by atoms with E-state index in [1.807, 2.05) is 20.8 Å². The van der Waals surface area contributed by atoms with Gasteiger partial charge in [0.05, 0.1) is 25.4 Å². The molecule has 1 aromatic heterocycles. The molecule has 8 nitrogen and oxygen atoms in total. The van der Waals surface area contributed by atoms with Gasteiger partial charge in [0, 0.05) is 5.56 Å². The van der Waals surface area contributed by atoms with E-state index < -0.39 is 11.7 Å². The van der Waals surface area contributed by atoms with Crippen molar-refractivity contribution in [3.63, 3.8) is 0 Å². The predicted octanol–water partition coefficient (Wildman–Crippen LogP) is 4.32. The molecule has 158 valence electrons. The summed E-state index contributed by atoms with van der Waals surface area (Å²) in [5.74, 6) is 0.205. The lowest BCUT2D eigenvalue weighted by atomic mass is 10.2. The third-order valence-corrected chi connectivity index (χ3v) is 3.92. The minimum atomic E-state index is -0.694. The third-order valence-electron chi connectivity index (χ3n) is 3.92. The molecule has 1 N–H and O–H groups in total. The van der Waals surface area contributed by atoms with Crippen LogP contribution in [-0.4, -0.2) is 35.9 Å². The zero-order valence-electron chi connectivity index (χ0n) is 16.9. The molecular weight excluding hydrogens is 393 g/mol. The Morgan fingerprint density at radius 1 is 1.00 bits per heavy atom. The van der Waals surface area contributed by atoms with E-state index in [1.54, 1.807) is 18.2 Å². The SMILES string of the molecule is CCOc1cc(-c2nnc(NC(=O)c3ccccc3F)o2)cc(OCC)c1OCC. The Balaban J connectivity index is 1.90. The van der Waals surface area contributed by atoms with Crippen molar-refractivity contribution >= 4 is 11.9 Å². The van der Waals surface area contributed by atoms with Crippen LogP contribution in [0.5, 0.6) is 17.2 Å². The standard InChI is InChI=1S/C21H22FN3O5/c1-4-27-16-11-13(12-17(28-5-2)18(16)29-6-3)20-24-25-21(30-20)23-19(26)14-9-7-8-10-15(14)22/h7-12H,4-6H2,1-3H3,(H,23,25,26). The third kappa shape index (κ3) is 4.68. The van der Waals surface area contributed by atoms with Crippen LogP contribution in [0.25, 0.3) is 11.5 Å². The summed E-state index contributed by atoms with van der Waals surface area (Å²) in [7, 11) is 0. The van der Waals surface area contributed by atoms with Crippen molar-refractivity contribution in [2.75, 3.05) is 25.1 Å². The minimum absolute atomic E-state index is 0.129. The Hall–Kier alpha value is -3.62. The molecule has 0 spiro atoms. The first-order valence-corrected chi connectivity index (χ1v) is 9.53. The van der Waals surface area contributed by atoms with Gasteiger partial charge in [-0.2, -0.15) is 0 Å². The van der Waals surface area contributed by atoms with Crippen molar-refractivity contribution in [3.8, 4) is 28.7 Å². The number of aromatic nitrogens is 2. The quantitative estimate of drug-likeness (QED) is 0.556. The zero-order chi connectivity index (χ0) is 21.5.